The van der Waals surface area contributed by atoms with Crippen molar-refractivity contribution >= 4 is 11.8 Å². The van der Waals surface area contributed by atoms with E-state index in [-0.39, 0.29) is 11.7 Å². The van der Waals surface area contributed by atoms with E-state index >= 15 is 0 Å². The number of fused-ring (bicyclic) bond motifs is 3. The van der Waals surface area contributed by atoms with Gasteiger partial charge in [-0.05, 0) is 38.1 Å². The maximum absolute atomic E-state index is 12.5. The van der Waals surface area contributed by atoms with Crippen LogP contribution in [0.3, 0.4) is 0 Å². The topological polar surface area (TPSA) is 51.2 Å². The normalized spacial score (nSPS) is 34.8. The molecule has 0 saturated carbocycles. The molecular weight excluding hydrogens is 296 g/mol. The number of benzene rings is 1. The molecule has 2 bridgehead atoms. The number of rotatable bonds is 1. The monoisotopic (exact) mass is 316 g/mol. The summed E-state index contributed by atoms with van der Waals surface area (Å²) in [6.45, 7) is 4.87. The van der Waals surface area contributed by atoms with Crippen LogP contribution in [0.1, 0.15) is 12.8 Å². The largest absolute Gasteiger partial charge is 0.486 e. The van der Waals surface area contributed by atoms with Gasteiger partial charge in [0.05, 0.1) is 12.2 Å². The number of hydrogen-bond acceptors (Lipinski definition) is 5. The van der Waals surface area contributed by atoms with Crippen molar-refractivity contribution in [3.05, 3.63) is 18.2 Å². The van der Waals surface area contributed by atoms with Crippen molar-refractivity contribution < 1.29 is 19.0 Å². The Morgan fingerprint density at radius 2 is 1.83 bits per heavy atom. The SMILES string of the molecule is O=C1O[C@]2(CN3CCC2CC3)CN1c1ccc2c(c1)OCCO2. The first-order chi connectivity index (χ1) is 11.2. The van der Waals surface area contributed by atoms with Crippen molar-refractivity contribution in [1.82, 2.24) is 4.90 Å². The predicted molar refractivity (Wildman–Crippen MR) is 83.2 cm³/mol. The quantitative estimate of drug-likeness (QED) is 0.792. The molecule has 6 nitrogen and oxygen atoms in total. The van der Waals surface area contributed by atoms with E-state index in [1.807, 2.05) is 18.2 Å². The highest BCUT2D eigenvalue weighted by atomic mass is 16.6. The van der Waals surface area contributed by atoms with E-state index in [0.717, 1.165) is 43.9 Å². The van der Waals surface area contributed by atoms with Crippen LogP contribution in [0, 0.1) is 5.92 Å². The molecule has 5 heterocycles. The van der Waals surface area contributed by atoms with Gasteiger partial charge in [0.1, 0.15) is 18.8 Å². The van der Waals surface area contributed by atoms with E-state index in [1.54, 1.807) is 4.90 Å². The van der Waals surface area contributed by atoms with Crippen LogP contribution >= 0.6 is 0 Å². The van der Waals surface area contributed by atoms with Gasteiger partial charge in [-0.2, -0.15) is 0 Å². The third-order valence-electron chi connectivity index (χ3n) is 5.60. The summed E-state index contributed by atoms with van der Waals surface area (Å²) in [7, 11) is 0. The molecule has 0 radical (unpaired) electrons. The highest BCUT2D eigenvalue weighted by Crippen LogP contribution is 2.44. The van der Waals surface area contributed by atoms with Crippen LogP contribution in [0.15, 0.2) is 18.2 Å². The van der Waals surface area contributed by atoms with Crippen molar-refractivity contribution in [2.45, 2.75) is 18.4 Å². The molecule has 5 aliphatic heterocycles. The van der Waals surface area contributed by atoms with Crippen LogP contribution in [0.4, 0.5) is 10.5 Å². The first-order valence-corrected chi connectivity index (χ1v) is 8.36. The third-order valence-corrected chi connectivity index (χ3v) is 5.60. The number of carbonyl (C=O) groups is 1. The molecule has 122 valence electrons. The van der Waals surface area contributed by atoms with Gasteiger partial charge in [-0.15, -0.1) is 0 Å². The van der Waals surface area contributed by atoms with Crippen LogP contribution in [0.2, 0.25) is 0 Å². The molecule has 0 unspecified atom stereocenters. The predicted octanol–water partition coefficient (Wildman–Crippen LogP) is 1.88. The fourth-order valence-corrected chi connectivity index (χ4v) is 4.41. The second kappa shape index (κ2) is 4.77. The smallest absolute Gasteiger partial charge is 0.415 e. The van der Waals surface area contributed by atoms with Gasteiger partial charge in [0.2, 0.25) is 0 Å². The summed E-state index contributed by atoms with van der Waals surface area (Å²) in [4.78, 5) is 16.7. The van der Waals surface area contributed by atoms with Crippen molar-refractivity contribution in [1.29, 1.82) is 0 Å². The van der Waals surface area contributed by atoms with Crippen LogP contribution in [0.5, 0.6) is 11.5 Å². The van der Waals surface area contributed by atoms with E-state index < -0.39 is 0 Å². The molecule has 4 fully saturated rings. The lowest BCUT2D eigenvalue weighted by Gasteiger charge is -2.49. The van der Waals surface area contributed by atoms with Crippen LogP contribution in [-0.2, 0) is 4.74 Å². The first kappa shape index (κ1) is 13.5. The summed E-state index contributed by atoms with van der Waals surface area (Å²) in [6, 6.07) is 5.67. The van der Waals surface area contributed by atoms with Crippen molar-refractivity contribution in [2.75, 3.05) is 44.3 Å². The third kappa shape index (κ3) is 2.01. The molecule has 0 aliphatic carbocycles. The Labute approximate surface area is 134 Å². The van der Waals surface area contributed by atoms with E-state index in [4.69, 9.17) is 14.2 Å². The molecule has 1 aromatic rings. The summed E-state index contributed by atoms with van der Waals surface area (Å²) in [5.41, 5.74) is 0.494. The van der Waals surface area contributed by atoms with Gasteiger partial charge >= 0.3 is 6.09 Å². The first-order valence-electron chi connectivity index (χ1n) is 8.36. The van der Waals surface area contributed by atoms with Crippen LogP contribution in [-0.4, -0.2) is 56.0 Å². The molecule has 4 saturated heterocycles. The molecule has 1 atom stereocenters. The number of nitrogens with zero attached hydrogens (tertiary/aromatic N) is 2. The van der Waals surface area contributed by atoms with Crippen LogP contribution in [0.25, 0.3) is 0 Å². The zero-order chi connectivity index (χ0) is 15.4. The number of piperidine rings is 3. The van der Waals surface area contributed by atoms with Gasteiger partial charge in [0, 0.05) is 18.5 Å². The highest BCUT2D eigenvalue weighted by molar-refractivity contribution is 5.91. The Bertz CT molecular complexity index is 656. The highest BCUT2D eigenvalue weighted by Gasteiger charge is 2.55. The van der Waals surface area contributed by atoms with E-state index in [9.17, 15) is 4.79 Å². The molecule has 1 aromatic carbocycles. The van der Waals surface area contributed by atoms with Crippen molar-refractivity contribution in [3.8, 4) is 11.5 Å². The Hall–Kier alpha value is -1.95. The molecule has 5 aliphatic rings. The summed E-state index contributed by atoms with van der Waals surface area (Å²) in [5, 5.41) is 0. The fraction of sp³-hybridized carbons (Fsp3) is 0.588. The fourth-order valence-electron chi connectivity index (χ4n) is 4.41. The number of amides is 1. The van der Waals surface area contributed by atoms with Gasteiger partial charge in [0.15, 0.2) is 11.5 Å². The van der Waals surface area contributed by atoms with E-state index in [1.165, 1.54) is 0 Å². The number of carbonyl (C=O) groups excluding carboxylic acids is 1. The lowest BCUT2D eigenvalue weighted by molar-refractivity contribution is -0.0881. The standard InChI is InChI=1S/C17H20N2O4/c20-16-19(13-1-2-14-15(9-13)22-8-7-21-14)11-17(23-16)10-18-5-3-12(17)4-6-18/h1-2,9,12H,3-8,10-11H2/t17-/m1/s1. The number of ether oxygens (including phenoxy) is 3. The van der Waals surface area contributed by atoms with Crippen LogP contribution < -0.4 is 14.4 Å². The summed E-state index contributed by atoms with van der Waals surface area (Å²) < 4.78 is 17.1. The van der Waals surface area contributed by atoms with Gasteiger partial charge < -0.3 is 14.2 Å². The molecule has 6 heteroatoms. The molecule has 23 heavy (non-hydrogen) atoms. The second-order valence-corrected chi connectivity index (χ2v) is 6.90. The van der Waals surface area contributed by atoms with Crippen molar-refractivity contribution in [3.63, 3.8) is 0 Å². The maximum Gasteiger partial charge on any atom is 0.415 e. The Morgan fingerprint density at radius 1 is 1.04 bits per heavy atom. The molecule has 1 amide bonds. The lowest BCUT2D eigenvalue weighted by atomic mass is 9.75. The minimum absolute atomic E-state index is 0.240. The summed E-state index contributed by atoms with van der Waals surface area (Å²) in [5.74, 6) is 1.93. The Balaban J connectivity index is 1.44. The average Bonchev–Trinajstić information content (AvgIpc) is 2.91. The molecule has 6 rings (SSSR count). The minimum Gasteiger partial charge on any atom is -0.486 e. The van der Waals surface area contributed by atoms with E-state index in [2.05, 4.69) is 4.90 Å². The van der Waals surface area contributed by atoms with Gasteiger partial charge in [-0.25, -0.2) is 4.79 Å². The molecule has 1 spiro atoms. The average molecular weight is 316 g/mol. The minimum atomic E-state index is -0.332. The van der Waals surface area contributed by atoms with Gasteiger partial charge in [0.25, 0.3) is 0 Å². The van der Waals surface area contributed by atoms with E-state index in [0.29, 0.717) is 31.4 Å². The second-order valence-electron chi connectivity index (χ2n) is 6.90. The molecule has 0 aromatic heterocycles. The molecular formula is C17H20N2O4. The lowest BCUT2D eigenvalue weighted by Crippen LogP contribution is -2.61. The zero-order valence-corrected chi connectivity index (χ0v) is 13.0. The Morgan fingerprint density at radius 3 is 2.57 bits per heavy atom. The van der Waals surface area contributed by atoms with Gasteiger partial charge in [-0.3, -0.25) is 9.80 Å². The maximum atomic E-state index is 12.5. The summed E-state index contributed by atoms with van der Waals surface area (Å²) >= 11 is 0. The van der Waals surface area contributed by atoms with Crippen molar-refractivity contribution in [2.24, 2.45) is 5.92 Å². The Kier molecular flexibility index (Phi) is 2.80. The van der Waals surface area contributed by atoms with Gasteiger partial charge in [-0.1, -0.05) is 0 Å². The zero-order valence-electron chi connectivity index (χ0n) is 13.0. The number of hydrogen-bond donors (Lipinski definition) is 0. The molecule has 0 N–H and O–H groups in total. The number of anilines is 1. The summed E-state index contributed by atoms with van der Waals surface area (Å²) in [6.07, 6.45) is 2.01.